The Hall–Kier alpha value is -2.26. The Kier molecular flexibility index (Phi) is 2.76. The number of fused-ring (bicyclic) bond motifs is 3. The summed E-state index contributed by atoms with van der Waals surface area (Å²) in [5, 5.41) is 1.52. The average Bonchev–Trinajstić information content (AvgIpc) is 2.99. The fraction of sp³-hybridized carbons (Fsp3) is 0.118. The van der Waals surface area contributed by atoms with Gasteiger partial charge in [-0.1, -0.05) is 29.8 Å². The third kappa shape index (κ3) is 1.85. The van der Waals surface area contributed by atoms with E-state index in [4.69, 9.17) is 16.3 Å². The van der Waals surface area contributed by atoms with Crippen LogP contribution >= 0.6 is 11.6 Å². The lowest BCUT2D eigenvalue weighted by atomic mass is 10.1. The van der Waals surface area contributed by atoms with Crippen LogP contribution in [0.4, 0.5) is 0 Å². The predicted octanol–water partition coefficient (Wildman–Crippen LogP) is 3.58. The molecular weight excluding hydrogens is 286 g/mol. The predicted molar refractivity (Wildman–Crippen MR) is 83.8 cm³/mol. The molecule has 21 heavy (non-hydrogen) atoms. The third-order valence-corrected chi connectivity index (χ3v) is 4.03. The number of halogens is 1. The zero-order valence-electron chi connectivity index (χ0n) is 11.2. The topological polar surface area (TPSA) is 31.2 Å². The van der Waals surface area contributed by atoms with Gasteiger partial charge >= 0.3 is 0 Å². The summed E-state index contributed by atoms with van der Waals surface area (Å²) in [5.41, 5.74) is 2.39. The lowest BCUT2D eigenvalue weighted by Crippen LogP contribution is -2.21. The van der Waals surface area contributed by atoms with Crippen LogP contribution < -0.4 is 10.3 Å². The first-order chi connectivity index (χ1) is 10.3. The molecule has 3 aromatic rings. The van der Waals surface area contributed by atoms with Crippen LogP contribution in [0.25, 0.3) is 16.6 Å². The fourth-order valence-corrected chi connectivity index (χ4v) is 3.04. The second-order valence-electron chi connectivity index (χ2n) is 5.04. The van der Waals surface area contributed by atoms with Crippen molar-refractivity contribution in [2.75, 3.05) is 6.61 Å². The van der Waals surface area contributed by atoms with E-state index in [2.05, 4.69) is 0 Å². The molecule has 0 unspecified atom stereocenters. The standard InChI is InChI=1S/C17H12ClNO2/c18-11-6-7-15-14(10-11)16-13(8-9-21-16)17(20)19(15)12-4-2-1-3-5-12/h1-7,10H,8-9H2. The molecule has 3 nitrogen and oxygen atoms in total. The molecule has 4 heteroatoms. The Balaban J connectivity index is 2.19. The van der Waals surface area contributed by atoms with Crippen LogP contribution in [0, 0.1) is 0 Å². The number of ether oxygens (including phenoxy) is 1. The van der Waals surface area contributed by atoms with Gasteiger partial charge in [0.1, 0.15) is 5.75 Å². The second kappa shape index (κ2) is 4.64. The van der Waals surface area contributed by atoms with E-state index in [-0.39, 0.29) is 5.56 Å². The summed E-state index contributed by atoms with van der Waals surface area (Å²) in [5.74, 6) is 0.685. The minimum absolute atomic E-state index is 0.0106. The first-order valence-corrected chi connectivity index (χ1v) is 7.19. The van der Waals surface area contributed by atoms with Gasteiger partial charge in [0.05, 0.1) is 17.7 Å². The first-order valence-electron chi connectivity index (χ1n) is 6.81. The van der Waals surface area contributed by atoms with Crippen LogP contribution in [0.2, 0.25) is 5.02 Å². The van der Waals surface area contributed by atoms with E-state index in [1.54, 1.807) is 10.6 Å². The molecule has 1 aromatic heterocycles. The van der Waals surface area contributed by atoms with Gasteiger partial charge in [-0.2, -0.15) is 0 Å². The molecule has 0 fully saturated rings. The number of rotatable bonds is 1. The maximum Gasteiger partial charge on any atom is 0.262 e. The largest absolute Gasteiger partial charge is 0.492 e. The highest BCUT2D eigenvalue weighted by Crippen LogP contribution is 2.34. The molecule has 0 bridgehead atoms. The summed E-state index contributed by atoms with van der Waals surface area (Å²) < 4.78 is 7.40. The normalized spacial score (nSPS) is 13.2. The van der Waals surface area contributed by atoms with Crippen molar-refractivity contribution in [2.45, 2.75) is 6.42 Å². The Bertz CT molecular complexity index is 900. The van der Waals surface area contributed by atoms with E-state index < -0.39 is 0 Å². The van der Waals surface area contributed by atoms with E-state index in [1.165, 1.54) is 0 Å². The minimum Gasteiger partial charge on any atom is -0.492 e. The second-order valence-corrected chi connectivity index (χ2v) is 5.48. The Morgan fingerprint density at radius 1 is 1.10 bits per heavy atom. The average molecular weight is 298 g/mol. The smallest absolute Gasteiger partial charge is 0.262 e. The van der Waals surface area contributed by atoms with Crippen molar-refractivity contribution in [3.8, 4) is 11.4 Å². The van der Waals surface area contributed by atoms with E-state index in [9.17, 15) is 4.79 Å². The van der Waals surface area contributed by atoms with Gasteiger partial charge in [-0.15, -0.1) is 0 Å². The number of pyridine rings is 1. The fourth-order valence-electron chi connectivity index (χ4n) is 2.86. The van der Waals surface area contributed by atoms with Gasteiger partial charge in [-0.3, -0.25) is 9.36 Å². The number of para-hydroxylation sites is 1. The summed E-state index contributed by atoms with van der Waals surface area (Å²) in [6, 6.07) is 15.2. The Morgan fingerprint density at radius 3 is 2.71 bits per heavy atom. The molecule has 0 amide bonds. The molecule has 2 heterocycles. The number of benzene rings is 2. The van der Waals surface area contributed by atoms with Crippen LogP contribution in [0.5, 0.6) is 5.75 Å². The molecule has 0 saturated carbocycles. The van der Waals surface area contributed by atoms with Gasteiger partial charge in [0.2, 0.25) is 0 Å². The highest BCUT2D eigenvalue weighted by Gasteiger charge is 2.23. The van der Waals surface area contributed by atoms with E-state index in [0.717, 1.165) is 22.2 Å². The van der Waals surface area contributed by atoms with Crippen molar-refractivity contribution in [3.63, 3.8) is 0 Å². The van der Waals surface area contributed by atoms with E-state index in [0.29, 0.717) is 23.8 Å². The monoisotopic (exact) mass is 297 g/mol. The Labute approximate surface area is 126 Å². The van der Waals surface area contributed by atoms with Crippen molar-refractivity contribution < 1.29 is 4.74 Å². The zero-order chi connectivity index (χ0) is 14.4. The van der Waals surface area contributed by atoms with Crippen molar-refractivity contribution >= 4 is 22.5 Å². The number of nitrogens with zero attached hydrogens (tertiary/aromatic N) is 1. The molecule has 2 aromatic carbocycles. The van der Waals surface area contributed by atoms with Crippen molar-refractivity contribution in [1.29, 1.82) is 0 Å². The highest BCUT2D eigenvalue weighted by atomic mass is 35.5. The van der Waals surface area contributed by atoms with Gasteiger partial charge in [0.15, 0.2) is 0 Å². The minimum atomic E-state index is -0.0106. The van der Waals surface area contributed by atoms with E-state index in [1.807, 2.05) is 42.5 Å². The van der Waals surface area contributed by atoms with Crippen LogP contribution in [-0.4, -0.2) is 11.2 Å². The number of aromatic nitrogens is 1. The lowest BCUT2D eigenvalue weighted by Gasteiger charge is -2.13. The SMILES string of the molecule is O=c1c2c(c3cc(Cl)ccc3n1-c1ccccc1)OCC2. The quantitative estimate of drug-likeness (QED) is 0.687. The molecule has 4 rings (SSSR count). The maximum absolute atomic E-state index is 12.8. The van der Waals surface area contributed by atoms with Crippen LogP contribution in [-0.2, 0) is 6.42 Å². The summed E-state index contributed by atoms with van der Waals surface area (Å²) in [6.45, 7) is 0.547. The third-order valence-electron chi connectivity index (χ3n) is 3.79. The van der Waals surface area contributed by atoms with Crippen molar-refractivity contribution in [1.82, 2.24) is 4.57 Å². The molecular formula is C17H12ClNO2. The first kappa shape index (κ1) is 12.5. The summed E-state index contributed by atoms with van der Waals surface area (Å²) in [6.07, 6.45) is 0.642. The van der Waals surface area contributed by atoms with E-state index >= 15 is 0 Å². The molecule has 0 atom stereocenters. The number of hydrogen-bond donors (Lipinski definition) is 0. The van der Waals surface area contributed by atoms with Crippen molar-refractivity contribution in [2.24, 2.45) is 0 Å². The van der Waals surface area contributed by atoms with Gasteiger partial charge in [-0.05, 0) is 30.3 Å². The zero-order valence-corrected chi connectivity index (χ0v) is 11.9. The van der Waals surface area contributed by atoms with Crippen LogP contribution in [0.15, 0.2) is 53.3 Å². The summed E-state index contributed by atoms with van der Waals surface area (Å²) >= 11 is 6.12. The molecule has 0 spiro atoms. The van der Waals surface area contributed by atoms with Gasteiger partial charge in [0, 0.05) is 22.5 Å². The molecule has 0 aliphatic carbocycles. The maximum atomic E-state index is 12.8. The van der Waals surface area contributed by atoms with Crippen molar-refractivity contribution in [3.05, 3.63) is 69.5 Å². The molecule has 104 valence electrons. The highest BCUT2D eigenvalue weighted by molar-refractivity contribution is 6.31. The number of hydrogen-bond acceptors (Lipinski definition) is 2. The van der Waals surface area contributed by atoms with Crippen LogP contribution in [0.1, 0.15) is 5.56 Å². The van der Waals surface area contributed by atoms with Gasteiger partial charge in [-0.25, -0.2) is 0 Å². The van der Waals surface area contributed by atoms with Gasteiger partial charge in [0.25, 0.3) is 5.56 Å². The summed E-state index contributed by atoms with van der Waals surface area (Å²) in [7, 11) is 0. The molecule has 0 saturated heterocycles. The molecule has 0 radical (unpaired) electrons. The van der Waals surface area contributed by atoms with Crippen LogP contribution in [0.3, 0.4) is 0 Å². The lowest BCUT2D eigenvalue weighted by molar-refractivity contribution is 0.360. The molecule has 1 aliphatic rings. The molecule has 0 N–H and O–H groups in total. The molecule has 1 aliphatic heterocycles. The van der Waals surface area contributed by atoms with Gasteiger partial charge < -0.3 is 4.74 Å². The Morgan fingerprint density at radius 2 is 1.90 bits per heavy atom. The summed E-state index contributed by atoms with van der Waals surface area (Å²) in [4.78, 5) is 12.8.